The van der Waals surface area contributed by atoms with Crippen molar-refractivity contribution in [1.29, 1.82) is 0 Å². The Morgan fingerprint density at radius 3 is 2.82 bits per heavy atom. The van der Waals surface area contributed by atoms with E-state index in [1.165, 1.54) is 24.2 Å². The third-order valence-corrected chi connectivity index (χ3v) is 2.74. The largest absolute Gasteiger partial charge is 0.394 e. The van der Waals surface area contributed by atoms with Crippen LogP contribution >= 0.6 is 15.9 Å². The number of rotatable bonds is 4. The smallest absolute Gasteiger partial charge is 0.262 e. The zero-order chi connectivity index (χ0) is 13.0. The second-order valence-electron chi connectivity index (χ2n) is 3.59. The highest BCUT2D eigenvalue weighted by molar-refractivity contribution is 9.10. The van der Waals surface area contributed by atoms with Crippen LogP contribution in [0.25, 0.3) is 0 Å². The van der Waals surface area contributed by atoms with Gasteiger partial charge in [0.2, 0.25) is 0 Å². The molecule has 0 aliphatic carbocycles. The molecule has 1 heterocycles. The average molecular weight is 305 g/mol. The van der Waals surface area contributed by atoms with E-state index in [4.69, 9.17) is 5.11 Å². The fourth-order valence-electron chi connectivity index (χ4n) is 1.26. The third-order valence-electron chi connectivity index (χ3n) is 2.15. The fraction of sp³-hybridized carbons (Fsp3) is 0.400. The van der Waals surface area contributed by atoms with Crippen molar-refractivity contribution < 1.29 is 15.0 Å². The van der Waals surface area contributed by atoms with Gasteiger partial charge in [-0.25, -0.2) is 0 Å². The van der Waals surface area contributed by atoms with E-state index in [9.17, 15) is 14.7 Å². The first-order chi connectivity index (χ1) is 7.95. The van der Waals surface area contributed by atoms with Gasteiger partial charge in [-0.15, -0.1) is 0 Å². The molecule has 0 bridgehead atoms. The number of aliphatic hydroxyl groups is 2. The van der Waals surface area contributed by atoms with Crippen LogP contribution in [-0.2, 0) is 0 Å². The standard InChI is InChI=1S/C10H13BrN2O4/c1-13(4-7(15)5-14)10(17)6-2-8(11)9(16)12-3-6/h2-3,7,14-15H,4-5H2,1H3,(H,12,16). The lowest BCUT2D eigenvalue weighted by Gasteiger charge is -2.19. The highest BCUT2D eigenvalue weighted by Crippen LogP contribution is 2.07. The van der Waals surface area contributed by atoms with E-state index >= 15 is 0 Å². The van der Waals surface area contributed by atoms with Crippen molar-refractivity contribution in [1.82, 2.24) is 9.88 Å². The first-order valence-electron chi connectivity index (χ1n) is 4.88. The van der Waals surface area contributed by atoms with Crippen molar-refractivity contribution in [3.05, 3.63) is 32.7 Å². The predicted molar refractivity (Wildman–Crippen MR) is 64.8 cm³/mol. The minimum atomic E-state index is -0.977. The number of nitrogens with one attached hydrogen (secondary N) is 1. The molecule has 0 aliphatic rings. The van der Waals surface area contributed by atoms with Crippen molar-refractivity contribution in [2.75, 3.05) is 20.2 Å². The molecule has 1 atom stereocenters. The molecule has 0 saturated carbocycles. The average Bonchev–Trinajstić information content (AvgIpc) is 2.31. The van der Waals surface area contributed by atoms with Gasteiger partial charge in [0.05, 0.1) is 22.7 Å². The number of nitrogens with zero attached hydrogens (tertiary/aromatic N) is 1. The molecule has 1 aromatic heterocycles. The molecule has 0 saturated heterocycles. The van der Waals surface area contributed by atoms with Crippen molar-refractivity contribution >= 4 is 21.8 Å². The highest BCUT2D eigenvalue weighted by Gasteiger charge is 2.15. The Balaban J connectivity index is 2.81. The molecule has 0 aromatic carbocycles. The lowest BCUT2D eigenvalue weighted by molar-refractivity contribution is 0.0520. The molecule has 0 fully saturated rings. The molecule has 7 heteroatoms. The quantitative estimate of drug-likeness (QED) is 0.703. The number of hydrogen-bond donors (Lipinski definition) is 3. The Kier molecular flexibility index (Phi) is 4.86. The molecule has 17 heavy (non-hydrogen) atoms. The number of H-pyrrole nitrogens is 1. The summed E-state index contributed by atoms with van der Waals surface area (Å²) in [6, 6.07) is 1.41. The molecule has 94 valence electrons. The van der Waals surface area contributed by atoms with Gasteiger partial charge in [0, 0.05) is 19.8 Å². The molecule has 1 aromatic rings. The van der Waals surface area contributed by atoms with E-state index in [0.29, 0.717) is 5.56 Å². The summed E-state index contributed by atoms with van der Waals surface area (Å²) in [5.41, 5.74) is -0.0243. The van der Waals surface area contributed by atoms with Gasteiger partial charge in [0.25, 0.3) is 11.5 Å². The molecular weight excluding hydrogens is 292 g/mol. The predicted octanol–water partition coefficient (Wildman–Crippen LogP) is -0.437. The Hall–Kier alpha value is -1.18. The van der Waals surface area contributed by atoms with Crippen LogP contribution in [0.1, 0.15) is 10.4 Å². The second-order valence-corrected chi connectivity index (χ2v) is 4.44. The van der Waals surface area contributed by atoms with Crippen LogP contribution in [0.4, 0.5) is 0 Å². The van der Waals surface area contributed by atoms with E-state index in [1.54, 1.807) is 0 Å². The molecule has 0 radical (unpaired) electrons. The third kappa shape index (κ3) is 3.65. The number of halogens is 1. The summed E-state index contributed by atoms with van der Waals surface area (Å²) in [6.07, 6.45) is 0.326. The zero-order valence-electron chi connectivity index (χ0n) is 9.18. The maximum absolute atomic E-state index is 11.8. The van der Waals surface area contributed by atoms with Gasteiger partial charge in [-0.3, -0.25) is 9.59 Å². The van der Waals surface area contributed by atoms with Crippen molar-refractivity contribution in [3.63, 3.8) is 0 Å². The summed E-state index contributed by atoms with van der Waals surface area (Å²) < 4.78 is 0.263. The molecule has 1 rings (SSSR count). The number of carbonyl (C=O) groups excluding carboxylic acids is 1. The number of likely N-dealkylation sites (N-methyl/N-ethyl adjacent to an activating group) is 1. The SMILES string of the molecule is CN(CC(O)CO)C(=O)c1c[nH]c(=O)c(Br)c1. The summed E-state index contributed by atoms with van der Waals surface area (Å²) in [6.45, 7) is -0.390. The number of amides is 1. The fourth-order valence-corrected chi connectivity index (χ4v) is 1.62. The number of pyridine rings is 1. The van der Waals surface area contributed by atoms with Gasteiger partial charge in [0.15, 0.2) is 0 Å². The molecule has 0 spiro atoms. The molecule has 1 amide bonds. The lowest BCUT2D eigenvalue weighted by atomic mass is 10.2. The molecule has 0 aliphatic heterocycles. The zero-order valence-corrected chi connectivity index (χ0v) is 10.8. The number of carbonyl (C=O) groups is 1. The first-order valence-corrected chi connectivity index (χ1v) is 5.67. The monoisotopic (exact) mass is 304 g/mol. The van der Waals surface area contributed by atoms with Crippen LogP contribution in [-0.4, -0.2) is 52.3 Å². The number of aromatic amines is 1. The van der Waals surface area contributed by atoms with Crippen LogP contribution < -0.4 is 5.56 Å². The Morgan fingerprint density at radius 1 is 1.65 bits per heavy atom. The lowest BCUT2D eigenvalue weighted by Crippen LogP contribution is -2.36. The van der Waals surface area contributed by atoms with Crippen LogP contribution in [0.5, 0.6) is 0 Å². The minimum Gasteiger partial charge on any atom is -0.394 e. The van der Waals surface area contributed by atoms with Crippen LogP contribution in [0.15, 0.2) is 21.5 Å². The molecule has 3 N–H and O–H groups in total. The van der Waals surface area contributed by atoms with Crippen molar-refractivity contribution in [2.45, 2.75) is 6.10 Å². The van der Waals surface area contributed by atoms with E-state index < -0.39 is 12.7 Å². The van der Waals surface area contributed by atoms with Crippen molar-refractivity contribution in [2.24, 2.45) is 0 Å². The van der Waals surface area contributed by atoms with Gasteiger partial charge >= 0.3 is 0 Å². The van der Waals surface area contributed by atoms with E-state index in [-0.39, 0.29) is 22.5 Å². The summed E-state index contributed by atoms with van der Waals surface area (Å²) in [4.78, 5) is 26.6. The van der Waals surface area contributed by atoms with E-state index in [2.05, 4.69) is 20.9 Å². The van der Waals surface area contributed by atoms with Gasteiger partial charge in [0.1, 0.15) is 0 Å². The normalized spacial score (nSPS) is 12.2. The van der Waals surface area contributed by atoms with Crippen LogP contribution in [0.3, 0.4) is 0 Å². The number of aromatic nitrogens is 1. The van der Waals surface area contributed by atoms with Crippen LogP contribution in [0, 0.1) is 0 Å². The van der Waals surface area contributed by atoms with E-state index in [1.807, 2.05) is 0 Å². The maximum atomic E-state index is 11.8. The second kappa shape index (κ2) is 5.95. The van der Waals surface area contributed by atoms with E-state index in [0.717, 1.165) is 0 Å². The number of hydrogen-bond acceptors (Lipinski definition) is 4. The maximum Gasteiger partial charge on any atom is 0.262 e. The molecular formula is C10H13BrN2O4. The Labute approximate surface area is 106 Å². The topological polar surface area (TPSA) is 93.6 Å². The van der Waals surface area contributed by atoms with Gasteiger partial charge in [-0.1, -0.05) is 0 Å². The molecule has 6 nitrogen and oxygen atoms in total. The minimum absolute atomic E-state index is 0.0199. The first kappa shape index (κ1) is 13.9. The van der Waals surface area contributed by atoms with Gasteiger partial charge in [-0.2, -0.15) is 0 Å². The summed E-state index contributed by atoms with van der Waals surface area (Å²) in [5.74, 6) is -0.352. The summed E-state index contributed by atoms with van der Waals surface area (Å²) in [5, 5.41) is 17.9. The molecule has 1 unspecified atom stereocenters. The Bertz CT molecular complexity index is 460. The van der Waals surface area contributed by atoms with Gasteiger partial charge in [-0.05, 0) is 22.0 Å². The summed E-state index contributed by atoms with van der Waals surface area (Å²) >= 11 is 3.02. The van der Waals surface area contributed by atoms with Crippen LogP contribution in [0.2, 0.25) is 0 Å². The van der Waals surface area contributed by atoms with Crippen molar-refractivity contribution in [3.8, 4) is 0 Å². The summed E-state index contributed by atoms with van der Waals surface area (Å²) in [7, 11) is 1.50. The van der Waals surface area contributed by atoms with Gasteiger partial charge < -0.3 is 20.1 Å². The highest BCUT2D eigenvalue weighted by atomic mass is 79.9. The number of aliphatic hydroxyl groups excluding tert-OH is 2. The Morgan fingerprint density at radius 2 is 2.29 bits per heavy atom.